The van der Waals surface area contributed by atoms with Gasteiger partial charge in [0.05, 0.1) is 0 Å². The van der Waals surface area contributed by atoms with Crippen LogP contribution in [-0.2, 0) is 4.79 Å². The molecule has 0 fully saturated rings. The standard InChI is InChI=1S/C4H6F3NO3/c5-4(6,7)2(9)1(8)3(10)11/h1-2,9H,8H2,(H,10,11)/t1-,2+/m0/s1. The number of aliphatic hydroxyl groups excluding tert-OH is 1. The molecular formula is C4H6F3NO3. The molecule has 4 nitrogen and oxygen atoms in total. The zero-order valence-corrected chi connectivity index (χ0v) is 5.26. The molecule has 4 N–H and O–H groups in total. The fourth-order valence-electron chi connectivity index (χ4n) is 0.357. The van der Waals surface area contributed by atoms with Crippen LogP contribution >= 0.6 is 0 Å². The molecule has 0 spiro atoms. The van der Waals surface area contributed by atoms with E-state index >= 15 is 0 Å². The highest BCUT2D eigenvalue weighted by molar-refractivity contribution is 5.70. The van der Waals surface area contributed by atoms with Crippen molar-refractivity contribution in [2.24, 2.45) is 0 Å². The van der Waals surface area contributed by atoms with E-state index in [1.807, 2.05) is 0 Å². The van der Waals surface area contributed by atoms with Gasteiger partial charge in [0.25, 0.3) is 0 Å². The average molecular weight is 173 g/mol. The van der Waals surface area contributed by atoms with Gasteiger partial charge in [0.2, 0.25) is 6.10 Å². The first-order valence-electron chi connectivity index (χ1n) is 2.55. The van der Waals surface area contributed by atoms with Gasteiger partial charge in [0.15, 0.2) is 6.04 Å². The fraction of sp³-hybridized carbons (Fsp3) is 0.750. The second kappa shape index (κ2) is 3.05. The normalized spacial score (nSPS) is 17.5. The lowest BCUT2D eigenvalue weighted by Crippen LogP contribution is -2.75. The Morgan fingerprint density at radius 1 is 1.55 bits per heavy atom. The van der Waals surface area contributed by atoms with Crippen LogP contribution in [0.3, 0.4) is 0 Å². The molecule has 0 aromatic carbocycles. The fourth-order valence-corrected chi connectivity index (χ4v) is 0.357. The molecule has 0 amide bonds. The van der Waals surface area contributed by atoms with Crippen LogP contribution in [0.25, 0.3) is 0 Å². The number of hydrogen-bond donors (Lipinski definition) is 2. The highest BCUT2D eigenvalue weighted by Crippen LogP contribution is 2.20. The molecule has 11 heavy (non-hydrogen) atoms. The Balaban J connectivity index is 4.25. The Morgan fingerprint density at radius 3 is 2.00 bits per heavy atom. The molecular weight excluding hydrogens is 167 g/mol. The molecule has 0 saturated carbocycles. The van der Waals surface area contributed by atoms with Crippen molar-refractivity contribution < 1.29 is 33.9 Å². The molecule has 2 atom stereocenters. The first-order chi connectivity index (χ1) is 4.76. The van der Waals surface area contributed by atoms with Gasteiger partial charge < -0.3 is 20.7 Å². The zero-order chi connectivity index (χ0) is 9.23. The number of aliphatic carboxylic acids is 1. The van der Waals surface area contributed by atoms with Gasteiger partial charge in [0, 0.05) is 0 Å². The molecule has 0 aromatic heterocycles. The van der Waals surface area contributed by atoms with Crippen molar-refractivity contribution in [3.63, 3.8) is 0 Å². The third-order valence-corrected chi connectivity index (χ3v) is 1.02. The van der Waals surface area contributed by atoms with Gasteiger partial charge >= 0.3 is 6.18 Å². The predicted octanol–water partition coefficient (Wildman–Crippen LogP) is -2.73. The molecule has 0 heterocycles. The summed E-state index contributed by atoms with van der Waals surface area (Å²) in [5, 5.41) is 18.0. The summed E-state index contributed by atoms with van der Waals surface area (Å²) in [7, 11) is 0. The highest BCUT2D eigenvalue weighted by atomic mass is 19.4. The van der Waals surface area contributed by atoms with E-state index in [-0.39, 0.29) is 0 Å². The summed E-state index contributed by atoms with van der Waals surface area (Å²) >= 11 is 0. The van der Waals surface area contributed by atoms with E-state index in [1.165, 1.54) is 0 Å². The Hall–Kier alpha value is -0.820. The maximum Gasteiger partial charge on any atom is 0.420 e. The summed E-state index contributed by atoms with van der Waals surface area (Å²) in [6, 6.07) is -2.19. The van der Waals surface area contributed by atoms with E-state index in [0.717, 1.165) is 0 Å². The topological polar surface area (TPSA) is 88.0 Å². The summed E-state index contributed by atoms with van der Waals surface area (Å²) < 4.78 is 34.4. The molecule has 0 rings (SSSR count). The van der Waals surface area contributed by atoms with E-state index in [1.54, 1.807) is 0 Å². The van der Waals surface area contributed by atoms with Crippen molar-refractivity contribution in [2.75, 3.05) is 0 Å². The summed E-state index contributed by atoms with van der Waals surface area (Å²) in [5.41, 5.74) is 2.57. The Kier molecular flexibility index (Phi) is 2.83. The minimum atomic E-state index is -4.97. The van der Waals surface area contributed by atoms with Crippen LogP contribution in [0.4, 0.5) is 13.2 Å². The van der Waals surface area contributed by atoms with Crippen LogP contribution in [0, 0.1) is 0 Å². The zero-order valence-electron chi connectivity index (χ0n) is 5.26. The van der Waals surface area contributed by atoms with E-state index in [4.69, 9.17) is 5.11 Å². The minimum Gasteiger partial charge on any atom is -0.544 e. The molecule has 0 bridgehead atoms. The second-order valence-electron chi connectivity index (χ2n) is 1.91. The Labute approximate surface area is 59.4 Å². The van der Waals surface area contributed by atoms with Gasteiger partial charge in [-0.05, 0) is 0 Å². The predicted molar refractivity (Wildman–Crippen MR) is 23.7 cm³/mol. The number of carboxylic acids is 1. The number of carboxylic acid groups (broad SMARTS) is 1. The second-order valence-corrected chi connectivity index (χ2v) is 1.91. The van der Waals surface area contributed by atoms with Crippen molar-refractivity contribution in [1.29, 1.82) is 0 Å². The number of carbonyl (C=O) groups excluding carboxylic acids is 1. The summed E-state index contributed by atoms with van der Waals surface area (Å²) in [6.07, 6.45) is -7.93. The van der Waals surface area contributed by atoms with Gasteiger partial charge in [-0.2, -0.15) is 13.2 Å². The lowest BCUT2D eigenvalue weighted by molar-refractivity contribution is -0.466. The minimum absolute atomic E-state index is 2.03. The smallest absolute Gasteiger partial charge is 0.420 e. The molecule has 0 aromatic rings. The first kappa shape index (κ1) is 10.2. The molecule has 0 unspecified atom stereocenters. The van der Waals surface area contributed by atoms with Crippen LogP contribution < -0.4 is 10.8 Å². The van der Waals surface area contributed by atoms with E-state index in [0.29, 0.717) is 0 Å². The molecule has 0 radical (unpaired) electrons. The van der Waals surface area contributed by atoms with Crippen LogP contribution in [-0.4, -0.2) is 29.4 Å². The number of aliphatic hydroxyl groups is 1. The Bertz CT molecular complexity index is 157. The van der Waals surface area contributed by atoms with Crippen LogP contribution in [0.1, 0.15) is 0 Å². The summed E-state index contributed by atoms with van der Waals surface area (Å²) in [6.45, 7) is 0. The Morgan fingerprint density at radius 2 is 1.91 bits per heavy atom. The molecule has 7 heteroatoms. The van der Waals surface area contributed by atoms with Gasteiger partial charge in [-0.25, -0.2) is 0 Å². The lowest BCUT2D eigenvalue weighted by Gasteiger charge is -2.18. The van der Waals surface area contributed by atoms with Crippen molar-refractivity contribution in [2.45, 2.75) is 18.3 Å². The van der Waals surface area contributed by atoms with Crippen molar-refractivity contribution in [1.82, 2.24) is 0 Å². The number of alkyl halides is 3. The quantitative estimate of drug-likeness (QED) is 0.475. The average Bonchev–Trinajstić information content (AvgIpc) is 1.82. The summed E-state index contributed by atoms with van der Waals surface area (Å²) in [5.74, 6) is -2.03. The van der Waals surface area contributed by atoms with Crippen LogP contribution in [0.15, 0.2) is 0 Å². The number of carbonyl (C=O) groups is 1. The summed E-state index contributed by atoms with van der Waals surface area (Å²) in [4.78, 5) is 9.75. The van der Waals surface area contributed by atoms with Crippen molar-refractivity contribution >= 4 is 5.97 Å². The molecule has 0 saturated heterocycles. The van der Waals surface area contributed by atoms with Crippen LogP contribution in [0.5, 0.6) is 0 Å². The van der Waals surface area contributed by atoms with Gasteiger partial charge in [-0.1, -0.05) is 0 Å². The maximum atomic E-state index is 11.5. The number of quaternary nitrogens is 1. The monoisotopic (exact) mass is 173 g/mol. The van der Waals surface area contributed by atoms with Gasteiger partial charge in [-0.15, -0.1) is 0 Å². The third-order valence-electron chi connectivity index (χ3n) is 1.02. The largest absolute Gasteiger partial charge is 0.544 e. The lowest BCUT2D eigenvalue weighted by atomic mass is 10.2. The maximum absolute atomic E-state index is 11.5. The van der Waals surface area contributed by atoms with Gasteiger partial charge in [-0.3, -0.25) is 0 Å². The SMILES string of the molecule is [NH3+][C@H](C(=O)[O-])[C@@H](O)C(F)(F)F. The molecule has 0 aliphatic carbocycles. The first-order valence-corrected chi connectivity index (χ1v) is 2.55. The van der Waals surface area contributed by atoms with Gasteiger partial charge in [0.1, 0.15) is 5.97 Å². The third kappa shape index (κ3) is 2.72. The molecule has 66 valence electrons. The number of hydrogen-bond acceptors (Lipinski definition) is 3. The van der Waals surface area contributed by atoms with Crippen molar-refractivity contribution in [3.05, 3.63) is 0 Å². The van der Waals surface area contributed by atoms with Crippen LogP contribution in [0.2, 0.25) is 0 Å². The van der Waals surface area contributed by atoms with E-state index in [9.17, 15) is 23.1 Å². The van der Waals surface area contributed by atoms with E-state index in [2.05, 4.69) is 5.73 Å². The molecule has 0 aliphatic heterocycles. The highest BCUT2D eigenvalue weighted by Gasteiger charge is 2.44. The number of rotatable bonds is 2. The van der Waals surface area contributed by atoms with Crippen molar-refractivity contribution in [3.8, 4) is 0 Å². The van der Waals surface area contributed by atoms with E-state index < -0.39 is 24.3 Å². The molecule has 0 aliphatic rings. The number of halogens is 3.